The molecule has 4 heteroatoms. The number of aromatic nitrogens is 2. The van der Waals surface area contributed by atoms with E-state index in [-0.39, 0.29) is 0 Å². The lowest BCUT2D eigenvalue weighted by Crippen LogP contribution is -2.34. The summed E-state index contributed by atoms with van der Waals surface area (Å²) in [4.78, 5) is 7.23. The number of nitrogens with zero attached hydrogens (tertiary/aromatic N) is 3. The Hall–Kier alpha value is -0.870. The Labute approximate surface area is 115 Å². The van der Waals surface area contributed by atoms with E-state index < -0.39 is 0 Å². The summed E-state index contributed by atoms with van der Waals surface area (Å²) < 4.78 is 2.43. The molecule has 1 saturated heterocycles. The fraction of sp³-hybridized carbons (Fsp3) is 0.800. The van der Waals surface area contributed by atoms with Crippen LogP contribution in [0.25, 0.3) is 0 Å². The van der Waals surface area contributed by atoms with Crippen molar-refractivity contribution in [3.63, 3.8) is 0 Å². The highest BCUT2D eigenvalue weighted by molar-refractivity contribution is 5.13. The highest BCUT2D eigenvalue weighted by Crippen LogP contribution is 2.30. The summed E-state index contributed by atoms with van der Waals surface area (Å²) >= 11 is 0. The summed E-state index contributed by atoms with van der Waals surface area (Å²) in [5, 5.41) is 9.29. The number of imidazole rings is 1. The van der Waals surface area contributed by atoms with Gasteiger partial charge in [0.05, 0.1) is 0 Å². The molecule has 1 N–H and O–H groups in total. The van der Waals surface area contributed by atoms with Crippen molar-refractivity contribution >= 4 is 0 Å². The lowest BCUT2D eigenvalue weighted by Gasteiger charge is -2.32. The van der Waals surface area contributed by atoms with Crippen molar-refractivity contribution in [2.75, 3.05) is 26.2 Å². The van der Waals surface area contributed by atoms with Crippen LogP contribution < -0.4 is 0 Å². The van der Waals surface area contributed by atoms with Crippen LogP contribution in [0, 0.1) is 5.92 Å². The second kappa shape index (κ2) is 5.63. The predicted molar refractivity (Wildman–Crippen MR) is 75.2 cm³/mol. The van der Waals surface area contributed by atoms with Gasteiger partial charge in [-0.3, -0.25) is 0 Å². The van der Waals surface area contributed by atoms with Crippen LogP contribution in [0.3, 0.4) is 0 Å². The first-order chi connectivity index (χ1) is 9.31. The average Bonchev–Trinajstić information content (AvgIpc) is 2.90. The van der Waals surface area contributed by atoms with E-state index in [1.165, 1.54) is 44.0 Å². The van der Waals surface area contributed by atoms with E-state index in [1.807, 2.05) is 6.20 Å². The summed E-state index contributed by atoms with van der Waals surface area (Å²) in [6.45, 7) is 7.20. The largest absolute Gasteiger partial charge is 0.396 e. The Morgan fingerprint density at radius 1 is 1.26 bits per heavy atom. The highest BCUT2D eigenvalue weighted by Gasteiger charge is 2.27. The third-order valence-electron chi connectivity index (χ3n) is 4.89. The van der Waals surface area contributed by atoms with Crippen LogP contribution in [-0.4, -0.2) is 45.8 Å². The molecule has 0 saturated carbocycles. The summed E-state index contributed by atoms with van der Waals surface area (Å²) in [5.41, 5.74) is 1.33. The first-order valence-electron chi connectivity index (χ1n) is 7.69. The molecule has 0 bridgehead atoms. The average molecular weight is 263 g/mol. The lowest BCUT2D eigenvalue weighted by atomic mass is 9.94. The molecular formula is C15H25N3O. The van der Waals surface area contributed by atoms with Crippen molar-refractivity contribution in [2.45, 2.75) is 45.1 Å². The van der Waals surface area contributed by atoms with Gasteiger partial charge in [0.2, 0.25) is 0 Å². The molecule has 0 aromatic carbocycles. The minimum absolute atomic E-state index is 0.315. The molecule has 19 heavy (non-hydrogen) atoms. The van der Waals surface area contributed by atoms with Crippen LogP contribution in [0.5, 0.6) is 0 Å². The summed E-state index contributed by atoms with van der Waals surface area (Å²) in [6.07, 6.45) is 6.63. The van der Waals surface area contributed by atoms with E-state index in [0.29, 0.717) is 18.4 Å². The number of likely N-dealkylation sites (tertiary alicyclic amines) is 1. The zero-order chi connectivity index (χ0) is 13.2. The fourth-order valence-electron chi connectivity index (χ4n) is 3.55. The van der Waals surface area contributed by atoms with Crippen molar-refractivity contribution in [3.05, 3.63) is 17.7 Å². The zero-order valence-electron chi connectivity index (χ0n) is 11.9. The molecule has 0 amide bonds. The molecule has 1 aromatic rings. The van der Waals surface area contributed by atoms with Gasteiger partial charge in [-0.2, -0.15) is 0 Å². The number of hydrogen-bond donors (Lipinski definition) is 1. The molecule has 4 nitrogen and oxygen atoms in total. The van der Waals surface area contributed by atoms with Gasteiger partial charge in [0.25, 0.3) is 0 Å². The number of piperidine rings is 1. The van der Waals surface area contributed by atoms with E-state index in [1.54, 1.807) is 0 Å². The van der Waals surface area contributed by atoms with Crippen LogP contribution in [0.4, 0.5) is 0 Å². The number of hydrogen-bond acceptors (Lipinski definition) is 3. The van der Waals surface area contributed by atoms with Crippen molar-refractivity contribution < 1.29 is 5.11 Å². The minimum atomic E-state index is 0.315. The van der Waals surface area contributed by atoms with Crippen molar-refractivity contribution in [1.29, 1.82) is 0 Å². The van der Waals surface area contributed by atoms with E-state index in [9.17, 15) is 5.11 Å². The Morgan fingerprint density at radius 2 is 2.05 bits per heavy atom. The molecule has 0 spiro atoms. The van der Waals surface area contributed by atoms with Crippen molar-refractivity contribution in [3.8, 4) is 0 Å². The molecule has 1 atom stereocenters. The Bertz CT molecular complexity index is 421. The van der Waals surface area contributed by atoms with Crippen LogP contribution in [0.15, 0.2) is 6.20 Å². The number of rotatable bonds is 3. The maximum atomic E-state index is 9.29. The van der Waals surface area contributed by atoms with Gasteiger partial charge in [-0.05, 0) is 51.2 Å². The van der Waals surface area contributed by atoms with Gasteiger partial charge in [0, 0.05) is 31.0 Å². The smallest absolute Gasteiger partial charge is 0.112 e. The van der Waals surface area contributed by atoms with E-state index >= 15 is 0 Å². The van der Waals surface area contributed by atoms with Gasteiger partial charge in [0.15, 0.2) is 0 Å². The second-order valence-electron chi connectivity index (χ2n) is 6.01. The monoisotopic (exact) mass is 263 g/mol. The molecular weight excluding hydrogens is 238 g/mol. The molecule has 1 aromatic heterocycles. The van der Waals surface area contributed by atoms with E-state index in [0.717, 1.165) is 19.4 Å². The van der Waals surface area contributed by atoms with Gasteiger partial charge in [-0.1, -0.05) is 6.92 Å². The molecule has 3 rings (SSSR count). The third kappa shape index (κ3) is 2.56. The van der Waals surface area contributed by atoms with Crippen LogP contribution in [0.2, 0.25) is 0 Å². The van der Waals surface area contributed by atoms with Crippen molar-refractivity contribution in [1.82, 2.24) is 14.5 Å². The van der Waals surface area contributed by atoms with E-state index in [2.05, 4.69) is 16.4 Å². The summed E-state index contributed by atoms with van der Waals surface area (Å²) in [6, 6.07) is 0. The quantitative estimate of drug-likeness (QED) is 0.901. The first-order valence-corrected chi connectivity index (χ1v) is 7.69. The SMILES string of the molecule is CCN1CCC(c2ncc3n2CCC(CO)C3)CC1. The van der Waals surface area contributed by atoms with Gasteiger partial charge >= 0.3 is 0 Å². The highest BCUT2D eigenvalue weighted by atomic mass is 16.3. The summed E-state index contributed by atoms with van der Waals surface area (Å²) in [5.74, 6) is 2.39. The van der Waals surface area contributed by atoms with Crippen LogP contribution in [0.1, 0.15) is 43.6 Å². The molecule has 106 valence electrons. The zero-order valence-corrected chi connectivity index (χ0v) is 11.9. The topological polar surface area (TPSA) is 41.3 Å². The van der Waals surface area contributed by atoms with Gasteiger partial charge in [-0.15, -0.1) is 0 Å². The Kier molecular flexibility index (Phi) is 3.89. The Morgan fingerprint density at radius 3 is 2.74 bits per heavy atom. The van der Waals surface area contributed by atoms with Gasteiger partial charge in [-0.25, -0.2) is 4.98 Å². The number of aliphatic hydroxyl groups excluding tert-OH is 1. The Balaban J connectivity index is 1.71. The standard InChI is InChI=1S/C15H25N3O/c1-2-17-6-4-13(5-7-17)15-16-10-14-9-12(11-19)3-8-18(14)15/h10,12-13,19H,2-9,11H2,1H3. The lowest BCUT2D eigenvalue weighted by molar-refractivity contribution is 0.195. The molecule has 0 aliphatic carbocycles. The fourth-order valence-corrected chi connectivity index (χ4v) is 3.55. The van der Waals surface area contributed by atoms with Crippen LogP contribution in [-0.2, 0) is 13.0 Å². The molecule has 2 aliphatic heterocycles. The normalized spacial score (nSPS) is 25.5. The minimum Gasteiger partial charge on any atom is -0.396 e. The molecule has 1 fully saturated rings. The van der Waals surface area contributed by atoms with Gasteiger partial charge in [0.1, 0.15) is 5.82 Å². The summed E-state index contributed by atoms with van der Waals surface area (Å²) in [7, 11) is 0. The maximum Gasteiger partial charge on any atom is 0.112 e. The number of fused-ring (bicyclic) bond motifs is 1. The number of aliphatic hydroxyl groups is 1. The third-order valence-corrected chi connectivity index (χ3v) is 4.89. The molecule has 0 radical (unpaired) electrons. The maximum absolute atomic E-state index is 9.29. The van der Waals surface area contributed by atoms with Gasteiger partial charge < -0.3 is 14.6 Å². The van der Waals surface area contributed by atoms with Crippen LogP contribution >= 0.6 is 0 Å². The second-order valence-corrected chi connectivity index (χ2v) is 6.01. The predicted octanol–water partition coefficient (Wildman–Crippen LogP) is 1.64. The van der Waals surface area contributed by atoms with Crippen molar-refractivity contribution in [2.24, 2.45) is 5.92 Å². The first kappa shape index (κ1) is 13.1. The molecule has 3 heterocycles. The molecule has 1 unspecified atom stereocenters. The van der Waals surface area contributed by atoms with E-state index in [4.69, 9.17) is 4.98 Å². The molecule has 2 aliphatic rings.